The van der Waals surface area contributed by atoms with E-state index in [1.807, 2.05) is 0 Å². The van der Waals surface area contributed by atoms with Crippen molar-refractivity contribution in [1.29, 1.82) is 0 Å². The Morgan fingerprint density at radius 1 is 1.39 bits per heavy atom. The summed E-state index contributed by atoms with van der Waals surface area (Å²) in [5.41, 5.74) is 1.38. The molecule has 9 heteroatoms. The van der Waals surface area contributed by atoms with E-state index >= 15 is 0 Å². The van der Waals surface area contributed by atoms with Crippen LogP contribution in [0.4, 0.5) is 8.78 Å². The van der Waals surface area contributed by atoms with Crippen molar-refractivity contribution in [2.24, 2.45) is 0 Å². The lowest BCUT2D eigenvalue weighted by Crippen LogP contribution is -2.28. The second kappa shape index (κ2) is 8.47. The van der Waals surface area contributed by atoms with Crippen LogP contribution in [0.3, 0.4) is 0 Å². The van der Waals surface area contributed by atoms with Crippen molar-refractivity contribution in [2.75, 3.05) is 7.11 Å². The number of pyridine rings is 1. The zero-order chi connectivity index (χ0) is 23.9. The number of amides is 1. The van der Waals surface area contributed by atoms with Gasteiger partial charge in [0, 0.05) is 18.2 Å². The van der Waals surface area contributed by atoms with Gasteiger partial charge in [0.1, 0.15) is 28.9 Å². The molecule has 174 valence electrons. The number of benzene rings is 1. The van der Waals surface area contributed by atoms with Gasteiger partial charge in [-0.05, 0) is 49.8 Å². The first-order valence-electron chi connectivity index (χ1n) is 10.4. The number of nitrogens with zero attached hydrogens (tertiary/aromatic N) is 2. The number of hydrogen-bond acceptors (Lipinski definition) is 5. The zero-order valence-electron chi connectivity index (χ0n) is 18.5. The first kappa shape index (κ1) is 22.7. The molecule has 7 nitrogen and oxygen atoms in total. The Hall–Kier alpha value is -3.46. The van der Waals surface area contributed by atoms with Crippen molar-refractivity contribution in [1.82, 2.24) is 14.7 Å². The summed E-state index contributed by atoms with van der Waals surface area (Å²) in [5.74, 6) is -0.563. The van der Waals surface area contributed by atoms with Crippen molar-refractivity contribution in [3.8, 4) is 22.8 Å². The molecule has 3 aromatic rings. The molecule has 0 aliphatic heterocycles. The number of methoxy groups -OCH3 is 1. The quantitative estimate of drug-likeness (QED) is 0.501. The molecule has 0 radical (unpaired) electrons. The maximum absolute atomic E-state index is 14.1. The van der Waals surface area contributed by atoms with Gasteiger partial charge < -0.3 is 19.9 Å². The van der Waals surface area contributed by atoms with Gasteiger partial charge >= 0.3 is 0 Å². The second-order valence-corrected chi connectivity index (χ2v) is 8.43. The SMILES string of the molecule is C=CC(F)Oc1cc(-c2cnc3cc(C(C)(C)O)ccn23)cc(OC)c1C(=O)N[C@@H]1C[C@@H]1F. The predicted octanol–water partition coefficient (Wildman–Crippen LogP) is 3.94. The fraction of sp³-hybridized carbons (Fsp3) is 0.333. The van der Waals surface area contributed by atoms with Gasteiger partial charge in [-0.2, -0.15) is 4.39 Å². The molecule has 4 rings (SSSR count). The Bertz CT molecular complexity index is 1220. The Morgan fingerprint density at radius 2 is 2.09 bits per heavy atom. The van der Waals surface area contributed by atoms with Gasteiger partial charge in [-0.15, -0.1) is 0 Å². The first-order chi connectivity index (χ1) is 15.6. The molecule has 3 atom stereocenters. The molecular weight excluding hydrogens is 432 g/mol. The predicted molar refractivity (Wildman–Crippen MR) is 119 cm³/mol. The van der Waals surface area contributed by atoms with E-state index in [-0.39, 0.29) is 23.5 Å². The van der Waals surface area contributed by atoms with E-state index in [0.29, 0.717) is 22.5 Å². The van der Waals surface area contributed by atoms with Crippen LogP contribution in [0.25, 0.3) is 16.9 Å². The number of carbonyl (C=O) groups is 1. The number of ether oxygens (including phenoxy) is 2. The Kier molecular flexibility index (Phi) is 5.84. The number of imidazole rings is 1. The van der Waals surface area contributed by atoms with E-state index in [2.05, 4.69) is 16.9 Å². The number of aliphatic hydroxyl groups is 1. The number of carbonyl (C=O) groups excluding carboxylic acids is 1. The molecule has 0 bridgehead atoms. The van der Waals surface area contributed by atoms with E-state index in [1.54, 1.807) is 48.8 Å². The molecule has 1 amide bonds. The lowest BCUT2D eigenvalue weighted by Gasteiger charge is -2.18. The largest absolute Gasteiger partial charge is 0.496 e. The Balaban J connectivity index is 1.81. The molecule has 1 unspecified atom stereocenters. The summed E-state index contributed by atoms with van der Waals surface area (Å²) >= 11 is 0. The molecule has 0 saturated heterocycles. The van der Waals surface area contributed by atoms with Crippen LogP contribution in [-0.2, 0) is 5.60 Å². The van der Waals surface area contributed by atoms with Crippen LogP contribution in [0, 0.1) is 0 Å². The van der Waals surface area contributed by atoms with E-state index in [9.17, 15) is 18.7 Å². The van der Waals surface area contributed by atoms with Gasteiger partial charge in [0.2, 0.25) is 0 Å². The van der Waals surface area contributed by atoms with Crippen LogP contribution in [0.2, 0.25) is 0 Å². The van der Waals surface area contributed by atoms with Gasteiger partial charge in [0.15, 0.2) is 0 Å². The molecule has 1 aliphatic rings. The zero-order valence-corrected chi connectivity index (χ0v) is 18.5. The minimum absolute atomic E-state index is 0.0389. The third kappa shape index (κ3) is 4.54. The third-order valence-corrected chi connectivity index (χ3v) is 5.48. The van der Waals surface area contributed by atoms with Gasteiger partial charge in [-0.25, -0.2) is 9.37 Å². The molecule has 2 heterocycles. The Morgan fingerprint density at radius 3 is 2.70 bits per heavy atom. The standard InChI is InChI=1S/C24H25F2N3O4/c1-5-20(26)33-19-9-13(8-18(32-4)22(19)23(30)28-16-11-15(16)25)17-12-27-21-10-14(24(2,3)31)6-7-29(17)21/h5-10,12,15-16,20,31H,1,11H2,2-4H3,(H,28,30)/t15-,16+,20?/m0/s1. The van der Waals surface area contributed by atoms with Crippen LogP contribution in [0.5, 0.6) is 11.5 Å². The van der Waals surface area contributed by atoms with Gasteiger partial charge in [0.05, 0.1) is 30.6 Å². The average Bonchev–Trinajstić information content (AvgIpc) is 3.29. The topological polar surface area (TPSA) is 85.1 Å². The average molecular weight is 457 g/mol. The minimum atomic E-state index is -1.87. The van der Waals surface area contributed by atoms with Crippen LogP contribution in [0.15, 0.2) is 49.3 Å². The van der Waals surface area contributed by atoms with E-state index < -0.39 is 30.1 Å². The van der Waals surface area contributed by atoms with E-state index in [0.717, 1.165) is 6.08 Å². The first-order valence-corrected chi connectivity index (χ1v) is 10.4. The molecule has 33 heavy (non-hydrogen) atoms. The fourth-order valence-corrected chi connectivity index (χ4v) is 3.51. The number of hydrogen-bond donors (Lipinski definition) is 2. The van der Waals surface area contributed by atoms with Crippen molar-refractivity contribution in [3.05, 3.63) is 60.4 Å². The van der Waals surface area contributed by atoms with Gasteiger partial charge in [-0.1, -0.05) is 6.58 Å². The van der Waals surface area contributed by atoms with Crippen LogP contribution in [0.1, 0.15) is 36.2 Å². The molecule has 1 aromatic carbocycles. The highest BCUT2D eigenvalue weighted by Gasteiger charge is 2.40. The smallest absolute Gasteiger partial charge is 0.259 e. The molecule has 2 aromatic heterocycles. The van der Waals surface area contributed by atoms with E-state index in [1.165, 1.54) is 13.2 Å². The molecule has 1 saturated carbocycles. The van der Waals surface area contributed by atoms with Crippen LogP contribution in [-0.4, -0.2) is 46.1 Å². The summed E-state index contributed by atoms with van der Waals surface area (Å²) in [6.45, 7) is 6.73. The number of halogens is 2. The monoisotopic (exact) mass is 457 g/mol. The summed E-state index contributed by atoms with van der Waals surface area (Å²) in [6.07, 6.45) is 1.58. The minimum Gasteiger partial charge on any atom is -0.496 e. The highest BCUT2D eigenvalue weighted by molar-refractivity contribution is 6.01. The molecule has 1 aliphatic carbocycles. The van der Waals surface area contributed by atoms with Crippen molar-refractivity contribution in [3.63, 3.8) is 0 Å². The summed E-state index contributed by atoms with van der Waals surface area (Å²) in [4.78, 5) is 17.2. The highest BCUT2D eigenvalue weighted by Crippen LogP contribution is 2.37. The Labute approximate surface area is 189 Å². The van der Waals surface area contributed by atoms with E-state index in [4.69, 9.17) is 9.47 Å². The van der Waals surface area contributed by atoms with Crippen LogP contribution >= 0.6 is 0 Å². The number of aromatic nitrogens is 2. The second-order valence-electron chi connectivity index (χ2n) is 8.43. The molecule has 1 fully saturated rings. The van der Waals surface area contributed by atoms with Crippen molar-refractivity contribution in [2.45, 2.75) is 44.4 Å². The molecule has 0 spiro atoms. The van der Waals surface area contributed by atoms with Crippen molar-refractivity contribution < 1.29 is 28.2 Å². The molecule has 2 N–H and O–H groups in total. The maximum atomic E-state index is 14.1. The summed E-state index contributed by atoms with van der Waals surface area (Å²) in [6, 6.07) is 6.06. The number of nitrogens with one attached hydrogen (secondary N) is 1. The number of rotatable bonds is 8. The molecular formula is C24H25F2N3O4. The van der Waals surface area contributed by atoms with Crippen molar-refractivity contribution >= 4 is 11.6 Å². The maximum Gasteiger partial charge on any atom is 0.259 e. The summed E-state index contributed by atoms with van der Waals surface area (Å²) < 4.78 is 40.0. The fourth-order valence-electron chi connectivity index (χ4n) is 3.51. The van der Waals surface area contributed by atoms with Crippen LogP contribution < -0.4 is 14.8 Å². The third-order valence-electron chi connectivity index (χ3n) is 5.48. The number of alkyl halides is 2. The summed E-state index contributed by atoms with van der Waals surface area (Å²) in [7, 11) is 1.37. The summed E-state index contributed by atoms with van der Waals surface area (Å²) in [5, 5.41) is 12.8. The van der Waals surface area contributed by atoms with Gasteiger partial charge in [0.25, 0.3) is 12.3 Å². The lowest BCUT2D eigenvalue weighted by molar-refractivity contribution is 0.0785. The highest BCUT2D eigenvalue weighted by atomic mass is 19.1. The number of fused-ring (bicyclic) bond motifs is 1. The van der Waals surface area contributed by atoms with Gasteiger partial charge in [-0.3, -0.25) is 9.20 Å². The normalized spacial score (nSPS) is 18.6. The lowest BCUT2D eigenvalue weighted by atomic mass is 10.00.